The Morgan fingerprint density at radius 1 is 1.23 bits per heavy atom. The number of guanidine groups is 1. The third-order valence-corrected chi connectivity index (χ3v) is 3.71. The SMILES string of the molecule is CCNC(=NCc1ccc(C)s1)NCCCOCCOC.I. The van der Waals surface area contributed by atoms with Crippen LogP contribution >= 0.6 is 35.3 Å². The fourth-order valence-electron chi connectivity index (χ4n) is 1.69. The van der Waals surface area contributed by atoms with Gasteiger partial charge >= 0.3 is 0 Å². The smallest absolute Gasteiger partial charge is 0.191 e. The van der Waals surface area contributed by atoms with E-state index in [1.807, 2.05) is 0 Å². The first-order valence-corrected chi connectivity index (χ1v) is 8.22. The molecule has 2 N–H and O–H groups in total. The lowest BCUT2D eigenvalue weighted by Gasteiger charge is -2.11. The van der Waals surface area contributed by atoms with E-state index in [1.165, 1.54) is 9.75 Å². The fraction of sp³-hybridized carbons (Fsp3) is 0.667. The summed E-state index contributed by atoms with van der Waals surface area (Å²) in [5.74, 6) is 0.862. The number of rotatable bonds is 10. The van der Waals surface area contributed by atoms with Crippen molar-refractivity contribution >= 4 is 41.3 Å². The number of ether oxygens (including phenoxy) is 2. The van der Waals surface area contributed by atoms with Crippen molar-refractivity contribution in [3.8, 4) is 0 Å². The van der Waals surface area contributed by atoms with Crippen molar-refractivity contribution in [2.75, 3.05) is 40.0 Å². The largest absolute Gasteiger partial charge is 0.382 e. The summed E-state index contributed by atoms with van der Waals surface area (Å²) < 4.78 is 10.3. The Morgan fingerprint density at radius 2 is 2.05 bits per heavy atom. The maximum absolute atomic E-state index is 5.42. The summed E-state index contributed by atoms with van der Waals surface area (Å²) in [6.07, 6.45) is 0.951. The Bertz CT molecular complexity index is 413. The highest BCUT2D eigenvalue weighted by molar-refractivity contribution is 14.0. The minimum absolute atomic E-state index is 0. The standard InChI is InChI=1S/C15H27N3O2S.HI/c1-4-16-15(17-8-5-9-20-11-10-19-3)18-12-14-7-6-13(2)21-14;/h6-7H,4-5,8-12H2,1-3H3,(H2,16,17,18);1H. The van der Waals surface area contributed by atoms with Crippen LogP contribution in [-0.4, -0.2) is 46.0 Å². The van der Waals surface area contributed by atoms with Crippen LogP contribution in [0.25, 0.3) is 0 Å². The van der Waals surface area contributed by atoms with Crippen molar-refractivity contribution in [1.29, 1.82) is 0 Å². The summed E-state index contributed by atoms with van der Waals surface area (Å²) in [6.45, 7) is 8.66. The van der Waals surface area contributed by atoms with Crippen molar-refractivity contribution in [3.63, 3.8) is 0 Å². The molecule has 0 saturated heterocycles. The lowest BCUT2D eigenvalue weighted by molar-refractivity contribution is 0.0698. The van der Waals surface area contributed by atoms with Crippen LogP contribution in [0.3, 0.4) is 0 Å². The van der Waals surface area contributed by atoms with Crippen LogP contribution in [-0.2, 0) is 16.0 Å². The predicted molar refractivity (Wildman–Crippen MR) is 105 cm³/mol. The Morgan fingerprint density at radius 3 is 2.68 bits per heavy atom. The Hall–Kier alpha value is -0.380. The molecule has 0 unspecified atom stereocenters. The second-order valence-electron chi connectivity index (χ2n) is 4.59. The van der Waals surface area contributed by atoms with Gasteiger partial charge in [0, 0.05) is 36.6 Å². The Kier molecular flexibility index (Phi) is 14.0. The van der Waals surface area contributed by atoms with Gasteiger partial charge in [0.05, 0.1) is 19.8 Å². The third-order valence-electron chi connectivity index (χ3n) is 2.72. The summed E-state index contributed by atoms with van der Waals surface area (Å²) in [6, 6.07) is 4.27. The van der Waals surface area contributed by atoms with Gasteiger partial charge in [0.15, 0.2) is 5.96 Å². The van der Waals surface area contributed by atoms with Gasteiger partial charge in [-0.05, 0) is 32.4 Å². The van der Waals surface area contributed by atoms with E-state index in [0.717, 1.165) is 38.6 Å². The quantitative estimate of drug-likeness (QED) is 0.254. The maximum Gasteiger partial charge on any atom is 0.191 e. The molecule has 0 atom stereocenters. The first-order chi connectivity index (χ1) is 10.3. The van der Waals surface area contributed by atoms with Crippen molar-refractivity contribution in [3.05, 3.63) is 21.9 Å². The highest BCUT2D eigenvalue weighted by Crippen LogP contribution is 2.15. The molecule has 1 rings (SSSR count). The summed E-state index contributed by atoms with van der Waals surface area (Å²) >= 11 is 1.79. The molecule has 0 aliphatic heterocycles. The van der Waals surface area contributed by atoms with E-state index in [-0.39, 0.29) is 24.0 Å². The summed E-state index contributed by atoms with van der Waals surface area (Å²) in [4.78, 5) is 7.20. The molecule has 0 amide bonds. The normalized spacial score (nSPS) is 11.1. The van der Waals surface area contributed by atoms with Crippen LogP contribution < -0.4 is 10.6 Å². The van der Waals surface area contributed by atoms with Gasteiger partial charge in [-0.1, -0.05) is 0 Å². The molecule has 0 radical (unpaired) electrons. The van der Waals surface area contributed by atoms with Gasteiger partial charge in [0.2, 0.25) is 0 Å². The molecule has 0 aromatic carbocycles. The number of aryl methyl sites for hydroxylation is 1. The number of halogens is 1. The molecule has 1 heterocycles. The van der Waals surface area contributed by atoms with Crippen molar-refractivity contribution in [1.82, 2.24) is 10.6 Å². The van der Waals surface area contributed by atoms with Crippen LogP contribution in [0.2, 0.25) is 0 Å². The third kappa shape index (κ3) is 10.4. The van der Waals surface area contributed by atoms with Gasteiger partial charge < -0.3 is 20.1 Å². The topological polar surface area (TPSA) is 54.9 Å². The van der Waals surface area contributed by atoms with Gasteiger partial charge in [0.25, 0.3) is 0 Å². The Balaban J connectivity index is 0.00000441. The van der Waals surface area contributed by atoms with Crippen LogP contribution in [0.4, 0.5) is 0 Å². The molecule has 0 bridgehead atoms. The monoisotopic (exact) mass is 441 g/mol. The zero-order chi connectivity index (χ0) is 15.3. The van der Waals surface area contributed by atoms with E-state index in [2.05, 4.69) is 41.6 Å². The molecule has 5 nitrogen and oxygen atoms in total. The molecular weight excluding hydrogens is 413 g/mol. The average Bonchev–Trinajstić information content (AvgIpc) is 2.89. The average molecular weight is 441 g/mol. The molecule has 128 valence electrons. The summed E-state index contributed by atoms with van der Waals surface area (Å²) in [5, 5.41) is 6.57. The summed E-state index contributed by atoms with van der Waals surface area (Å²) in [5.41, 5.74) is 0. The van der Waals surface area contributed by atoms with Crippen LogP contribution in [0, 0.1) is 6.92 Å². The lowest BCUT2D eigenvalue weighted by Crippen LogP contribution is -2.38. The number of aliphatic imine (C=N–C) groups is 1. The molecule has 0 aliphatic carbocycles. The number of hydrogen-bond donors (Lipinski definition) is 2. The second-order valence-corrected chi connectivity index (χ2v) is 5.97. The highest BCUT2D eigenvalue weighted by Gasteiger charge is 1.99. The van der Waals surface area contributed by atoms with Crippen LogP contribution in [0.1, 0.15) is 23.1 Å². The minimum Gasteiger partial charge on any atom is -0.382 e. The van der Waals surface area contributed by atoms with E-state index >= 15 is 0 Å². The second kappa shape index (κ2) is 14.2. The van der Waals surface area contributed by atoms with Crippen LogP contribution in [0.5, 0.6) is 0 Å². The van der Waals surface area contributed by atoms with E-state index in [9.17, 15) is 0 Å². The van der Waals surface area contributed by atoms with Gasteiger partial charge in [-0.25, -0.2) is 4.99 Å². The van der Waals surface area contributed by atoms with E-state index in [0.29, 0.717) is 13.2 Å². The zero-order valence-electron chi connectivity index (χ0n) is 13.7. The minimum atomic E-state index is 0. The summed E-state index contributed by atoms with van der Waals surface area (Å²) in [7, 11) is 1.68. The first kappa shape index (κ1) is 21.6. The number of hydrogen-bond acceptors (Lipinski definition) is 4. The molecule has 7 heteroatoms. The molecule has 0 saturated carbocycles. The molecule has 0 aliphatic rings. The molecule has 22 heavy (non-hydrogen) atoms. The van der Waals surface area contributed by atoms with Gasteiger partial charge in [-0.15, -0.1) is 35.3 Å². The Labute approximate surface area is 154 Å². The van der Waals surface area contributed by atoms with E-state index in [1.54, 1.807) is 18.4 Å². The number of methoxy groups -OCH3 is 1. The number of nitrogens with one attached hydrogen (secondary N) is 2. The molecule has 0 fully saturated rings. The molecule has 1 aromatic heterocycles. The molecular formula is C15H28IN3O2S. The maximum atomic E-state index is 5.42. The first-order valence-electron chi connectivity index (χ1n) is 7.40. The highest BCUT2D eigenvalue weighted by atomic mass is 127. The predicted octanol–water partition coefficient (Wildman–Crippen LogP) is 2.78. The molecule has 1 aromatic rings. The van der Waals surface area contributed by atoms with E-state index < -0.39 is 0 Å². The van der Waals surface area contributed by atoms with Crippen LogP contribution in [0.15, 0.2) is 17.1 Å². The van der Waals surface area contributed by atoms with Crippen molar-refractivity contribution in [2.24, 2.45) is 4.99 Å². The number of thiophene rings is 1. The lowest BCUT2D eigenvalue weighted by atomic mass is 10.4. The number of nitrogens with zero attached hydrogens (tertiary/aromatic N) is 1. The fourth-order valence-corrected chi connectivity index (χ4v) is 2.51. The van der Waals surface area contributed by atoms with Gasteiger partial charge in [0.1, 0.15) is 0 Å². The van der Waals surface area contributed by atoms with Crippen molar-refractivity contribution in [2.45, 2.75) is 26.8 Å². The molecule has 0 spiro atoms. The van der Waals surface area contributed by atoms with Gasteiger partial charge in [-0.3, -0.25) is 0 Å². The zero-order valence-corrected chi connectivity index (χ0v) is 16.8. The van der Waals surface area contributed by atoms with Crippen molar-refractivity contribution < 1.29 is 9.47 Å². The van der Waals surface area contributed by atoms with Gasteiger partial charge in [-0.2, -0.15) is 0 Å². The van der Waals surface area contributed by atoms with E-state index in [4.69, 9.17) is 9.47 Å².